The van der Waals surface area contributed by atoms with Crippen molar-refractivity contribution in [2.24, 2.45) is 0 Å². The average molecular weight is 250 g/mol. The Labute approximate surface area is 109 Å². The summed E-state index contributed by atoms with van der Waals surface area (Å²) >= 11 is 0. The summed E-state index contributed by atoms with van der Waals surface area (Å²) < 4.78 is 5.06. The highest BCUT2D eigenvalue weighted by atomic mass is 16.5. The standard InChI is InChI=1S/C15H22O3/c1-2-3-4-8-11-14(16)12-18-15(17)13-9-6-5-7-10-13/h5-7,9-10,14,16H,2-4,8,11-12H2,1H3. The van der Waals surface area contributed by atoms with Gasteiger partial charge in [-0.25, -0.2) is 4.79 Å². The summed E-state index contributed by atoms with van der Waals surface area (Å²) in [4.78, 5) is 11.6. The van der Waals surface area contributed by atoms with E-state index in [9.17, 15) is 9.90 Å². The number of unbranched alkanes of at least 4 members (excludes halogenated alkanes) is 3. The fourth-order valence-electron chi connectivity index (χ4n) is 1.72. The van der Waals surface area contributed by atoms with E-state index >= 15 is 0 Å². The van der Waals surface area contributed by atoms with Gasteiger partial charge in [-0.05, 0) is 18.6 Å². The number of hydrogen-bond acceptors (Lipinski definition) is 3. The summed E-state index contributed by atoms with van der Waals surface area (Å²) in [5.41, 5.74) is 0.524. The van der Waals surface area contributed by atoms with Gasteiger partial charge in [0.2, 0.25) is 0 Å². The lowest BCUT2D eigenvalue weighted by molar-refractivity contribution is 0.0233. The Balaban J connectivity index is 2.18. The summed E-state index contributed by atoms with van der Waals surface area (Å²) in [6.45, 7) is 2.23. The van der Waals surface area contributed by atoms with Gasteiger partial charge >= 0.3 is 5.97 Å². The molecule has 0 amide bonds. The van der Waals surface area contributed by atoms with Crippen molar-refractivity contribution < 1.29 is 14.6 Å². The molecule has 0 saturated heterocycles. The van der Waals surface area contributed by atoms with Crippen LogP contribution >= 0.6 is 0 Å². The molecular weight excluding hydrogens is 228 g/mol. The Morgan fingerprint density at radius 2 is 1.94 bits per heavy atom. The van der Waals surface area contributed by atoms with E-state index in [1.807, 2.05) is 6.07 Å². The minimum absolute atomic E-state index is 0.0832. The number of benzene rings is 1. The summed E-state index contributed by atoms with van der Waals surface area (Å²) in [5.74, 6) is -0.372. The van der Waals surface area contributed by atoms with Gasteiger partial charge in [-0.1, -0.05) is 50.8 Å². The third-order valence-corrected chi connectivity index (χ3v) is 2.81. The highest BCUT2D eigenvalue weighted by molar-refractivity contribution is 5.89. The second kappa shape index (κ2) is 8.70. The lowest BCUT2D eigenvalue weighted by Crippen LogP contribution is -2.18. The van der Waals surface area contributed by atoms with Crippen molar-refractivity contribution in [2.75, 3.05) is 6.61 Å². The number of carbonyl (C=O) groups excluding carboxylic acids is 1. The smallest absolute Gasteiger partial charge is 0.338 e. The zero-order valence-electron chi connectivity index (χ0n) is 11.0. The molecule has 1 rings (SSSR count). The van der Waals surface area contributed by atoms with Crippen LogP contribution in [-0.2, 0) is 4.74 Å². The molecule has 1 N–H and O–H groups in total. The van der Waals surface area contributed by atoms with Crippen LogP contribution in [0.1, 0.15) is 49.4 Å². The van der Waals surface area contributed by atoms with Crippen LogP contribution in [-0.4, -0.2) is 23.8 Å². The van der Waals surface area contributed by atoms with Crippen LogP contribution in [0.3, 0.4) is 0 Å². The molecule has 0 radical (unpaired) electrons. The number of ether oxygens (including phenoxy) is 1. The zero-order valence-corrected chi connectivity index (χ0v) is 11.0. The predicted molar refractivity (Wildman–Crippen MR) is 71.5 cm³/mol. The van der Waals surface area contributed by atoms with Gasteiger partial charge in [0, 0.05) is 0 Å². The summed E-state index contributed by atoms with van der Waals surface area (Å²) in [5, 5.41) is 9.67. The van der Waals surface area contributed by atoms with Crippen molar-refractivity contribution in [3.8, 4) is 0 Å². The van der Waals surface area contributed by atoms with Gasteiger partial charge in [-0.2, -0.15) is 0 Å². The topological polar surface area (TPSA) is 46.5 Å². The molecule has 0 aliphatic carbocycles. The first-order chi connectivity index (χ1) is 8.74. The second-order valence-corrected chi connectivity index (χ2v) is 4.47. The number of rotatable bonds is 8. The fraction of sp³-hybridized carbons (Fsp3) is 0.533. The maximum atomic E-state index is 11.6. The molecule has 0 aromatic heterocycles. The normalized spacial score (nSPS) is 12.1. The molecular formula is C15H22O3. The van der Waals surface area contributed by atoms with E-state index in [1.165, 1.54) is 12.8 Å². The molecule has 0 aliphatic rings. The number of aliphatic hydroxyl groups excluding tert-OH is 1. The molecule has 0 heterocycles. The fourth-order valence-corrected chi connectivity index (χ4v) is 1.72. The van der Waals surface area contributed by atoms with Crippen LogP contribution in [0.2, 0.25) is 0 Å². The van der Waals surface area contributed by atoms with E-state index in [0.29, 0.717) is 12.0 Å². The number of carbonyl (C=O) groups is 1. The van der Waals surface area contributed by atoms with Gasteiger partial charge < -0.3 is 9.84 Å². The molecule has 100 valence electrons. The maximum absolute atomic E-state index is 11.6. The predicted octanol–water partition coefficient (Wildman–Crippen LogP) is 3.17. The van der Waals surface area contributed by atoms with Crippen molar-refractivity contribution in [3.63, 3.8) is 0 Å². The third-order valence-electron chi connectivity index (χ3n) is 2.81. The average Bonchev–Trinajstić information content (AvgIpc) is 2.42. The van der Waals surface area contributed by atoms with E-state index < -0.39 is 6.10 Å². The third kappa shape index (κ3) is 5.82. The minimum atomic E-state index is -0.547. The molecule has 0 fully saturated rings. The number of aliphatic hydroxyl groups is 1. The van der Waals surface area contributed by atoms with Gasteiger partial charge in [0.25, 0.3) is 0 Å². The first-order valence-electron chi connectivity index (χ1n) is 6.64. The maximum Gasteiger partial charge on any atom is 0.338 e. The summed E-state index contributed by atoms with van der Waals surface area (Å²) in [6, 6.07) is 8.83. The molecule has 1 atom stereocenters. The number of esters is 1. The Morgan fingerprint density at radius 3 is 2.61 bits per heavy atom. The molecule has 18 heavy (non-hydrogen) atoms. The Hall–Kier alpha value is -1.35. The Kier molecular flexibility index (Phi) is 7.11. The Morgan fingerprint density at radius 1 is 1.22 bits per heavy atom. The highest BCUT2D eigenvalue weighted by Gasteiger charge is 2.10. The largest absolute Gasteiger partial charge is 0.459 e. The second-order valence-electron chi connectivity index (χ2n) is 4.47. The van der Waals surface area contributed by atoms with E-state index in [2.05, 4.69) is 6.92 Å². The SMILES string of the molecule is CCCCCCC(O)COC(=O)c1ccccc1. The molecule has 3 heteroatoms. The first kappa shape index (κ1) is 14.7. The summed E-state index contributed by atoms with van der Waals surface area (Å²) in [7, 11) is 0. The quantitative estimate of drug-likeness (QED) is 0.569. The van der Waals surface area contributed by atoms with Crippen molar-refractivity contribution in [3.05, 3.63) is 35.9 Å². The molecule has 0 saturated carbocycles. The van der Waals surface area contributed by atoms with Crippen molar-refractivity contribution >= 4 is 5.97 Å². The van der Waals surface area contributed by atoms with Crippen molar-refractivity contribution in [1.82, 2.24) is 0 Å². The van der Waals surface area contributed by atoms with Crippen LogP contribution in [0, 0.1) is 0 Å². The lowest BCUT2D eigenvalue weighted by atomic mass is 10.1. The number of hydrogen-bond donors (Lipinski definition) is 1. The monoisotopic (exact) mass is 250 g/mol. The van der Waals surface area contributed by atoms with E-state index in [4.69, 9.17) is 4.74 Å². The van der Waals surface area contributed by atoms with Crippen LogP contribution in [0.4, 0.5) is 0 Å². The van der Waals surface area contributed by atoms with Gasteiger partial charge in [-0.15, -0.1) is 0 Å². The zero-order chi connectivity index (χ0) is 13.2. The lowest BCUT2D eigenvalue weighted by Gasteiger charge is -2.11. The van der Waals surface area contributed by atoms with E-state index in [0.717, 1.165) is 12.8 Å². The van der Waals surface area contributed by atoms with Crippen molar-refractivity contribution in [1.29, 1.82) is 0 Å². The van der Waals surface area contributed by atoms with Gasteiger partial charge in [0.1, 0.15) is 6.61 Å². The van der Waals surface area contributed by atoms with Crippen molar-refractivity contribution in [2.45, 2.75) is 45.1 Å². The Bertz CT molecular complexity index is 335. The molecule has 0 aliphatic heterocycles. The van der Waals surface area contributed by atoms with E-state index in [-0.39, 0.29) is 12.6 Å². The van der Waals surface area contributed by atoms with Gasteiger partial charge in [0.15, 0.2) is 0 Å². The van der Waals surface area contributed by atoms with Crippen LogP contribution in [0.25, 0.3) is 0 Å². The van der Waals surface area contributed by atoms with E-state index in [1.54, 1.807) is 24.3 Å². The molecule has 0 spiro atoms. The summed E-state index contributed by atoms with van der Waals surface area (Å²) in [6.07, 6.45) is 4.63. The van der Waals surface area contributed by atoms with Gasteiger partial charge in [-0.3, -0.25) is 0 Å². The molecule has 0 bridgehead atoms. The highest BCUT2D eigenvalue weighted by Crippen LogP contribution is 2.07. The molecule has 3 nitrogen and oxygen atoms in total. The van der Waals surface area contributed by atoms with Crippen LogP contribution < -0.4 is 0 Å². The van der Waals surface area contributed by atoms with Gasteiger partial charge in [0.05, 0.1) is 11.7 Å². The minimum Gasteiger partial charge on any atom is -0.459 e. The van der Waals surface area contributed by atoms with Crippen LogP contribution in [0.5, 0.6) is 0 Å². The molecule has 1 aromatic carbocycles. The molecule has 1 unspecified atom stereocenters. The first-order valence-corrected chi connectivity index (χ1v) is 6.64. The molecule has 1 aromatic rings. The van der Waals surface area contributed by atoms with Crippen LogP contribution in [0.15, 0.2) is 30.3 Å².